The Morgan fingerprint density at radius 3 is 2.62 bits per heavy atom. The maximum atomic E-state index is 12.7. The quantitative estimate of drug-likeness (QED) is 0.729. The lowest BCUT2D eigenvalue weighted by Gasteiger charge is -2.35. The van der Waals surface area contributed by atoms with Gasteiger partial charge in [0.2, 0.25) is 15.9 Å². The minimum Gasteiger partial charge on any atom is -0.325 e. The molecule has 0 aliphatic carbocycles. The first-order valence-electron chi connectivity index (χ1n) is 10.0. The first kappa shape index (κ1) is 21.5. The molecule has 1 fully saturated rings. The standard InChI is InChI=1S/C22H29N3O3S/c1-17-11-12-19(15-21(17)29(27,28)23-2)24-22(26)16-25-13-7-6-10-20(25)14-18-8-4-3-5-9-18/h3-5,8-9,11-12,15,20,23H,6-7,10,13-14,16H2,1-2H3,(H,24,26). The third-order valence-electron chi connectivity index (χ3n) is 5.44. The fourth-order valence-electron chi connectivity index (χ4n) is 3.85. The van der Waals surface area contributed by atoms with Gasteiger partial charge in [0, 0.05) is 11.7 Å². The Labute approximate surface area is 173 Å². The van der Waals surface area contributed by atoms with Crippen molar-refractivity contribution in [1.29, 1.82) is 0 Å². The van der Waals surface area contributed by atoms with Crippen molar-refractivity contribution in [1.82, 2.24) is 9.62 Å². The molecule has 0 aromatic heterocycles. The third kappa shape index (κ3) is 5.65. The zero-order valence-electron chi connectivity index (χ0n) is 17.0. The minimum absolute atomic E-state index is 0.123. The lowest BCUT2D eigenvalue weighted by atomic mass is 9.95. The zero-order chi connectivity index (χ0) is 20.9. The molecule has 2 N–H and O–H groups in total. The highest BCUT2D eigenvalue weighted by atomic mass is 32.2. The van der Waals surface area contributed by atoms with Crippen molar-refractivity contribution in [2.45, 2.75) is 43.5 Å². The van der Waals surface area contributed by atoms with Crippen LogP contribution < -0.4 is 10.0 Å². The molecule has 1 heterocycles. The lowest BCUT2D eigenvalue weighted by Crippen LogP contribution is -2.45. The molecule has 7 heteroatoms. The van der Waals surface area contributed by atoms with Gasteiger partial charge in [0.05, 0.1) is 11.4 Å². The number of rotatable bonds is 7. The summed E-state index contributed by atoms with van der Waals surface area (Å²) in [4.78, 5) is 15.1. The van der Waals surface area contributed by atoms with Crippen LogP contribution in [-0.4, -0.2) is 45.4 Å². The van der Waals surface area contributed by atoms with Crippen molar-refractivity contribution in [3.05, 3.63) is 59.7 Å². The van der Waals surface area contributed by atoms with Gasteiger partial charge >= 0.3 is 0 Å². The molecule has 1 saturated heterocycles. The van der Waals surface area contributed by atoms with E-state index in [1.807, 2.05) is 18.2 Å². The van der Waals surface area contributed by atoms with Crippen LogP contribution in [0, 0.1) is 6.92 Å². The number of likely N-dealkylation sites (tertiary alicyclic amines) is 1. The number of piperidine rings is 1. The Kier molecular flexibility index (Phi) is 7.05. The Morgan fingerprint density at radius 1 is 1.14 bits per heavy atom. The molecule has 6 nitrogen and oxygen atoms in total. The Morgan fingerprint density at radius 2 is 1.90 bits per heavy atom. The molecular weight excluding hydrogens is 386 g/mol. The van der Waals surface area contributed by atoms with E-state index < -0.39 is 10.0 Å². The maximum absolute atomic E-state index is 12.7. The van der Waals surface area contributed by atoms with Crippen LogP contribution >= 0.6 is 0 Å². The third-order valence-corrected chi connectivity index (χ3v) is 7.00. The van der Waals surface area contributed by atoms with E-state index in [2.05, 4.69) is 27.1 Å². The highest BCUT2D eigenvalue weighted by molar-refractivity contribution is 7.89. The molecular formula is C22H29N3O3S. The Hall–Kier alpha value is -2.22. The maximum Gasteiger partial charge on any atom is 0.240 e. The Bertz CT molecular complexity index is 945. The number of sulfonamides is 1. The van der Waals surface area contributed by atoms with Crippen molar-refractivity contribution < 1.29 is 13.2 Å². The summed E-state index contributed by atoms with van der Waals surface area (Å²) in [5.74, 6) is -0.123. The zero-order valence-corrected chi connectivity index (χ0v) is 17.8. The number of carbonyl (C=O) groups excluding carboxylic acids is 1. The van der Waals surface area contributed by atoms with Gasteiger partial charge in [0.15, 0.2) is 0 Å². The molecule has 3 rings (SSSR count). The first-order chi connectivity index (χ1) is 13.9. The topological polar surface area (TPSA) is 78.5 Å². The van der Waals surface area contributed by atoms with E-state index in [1.54, 1.807) is 19.1 Å². The average molecular weight is 416 g/mol. The molecule has 1 aliphatic rings. The van der Waals surface area contributed by atoms with Crippen molar-refractivity contribution in [2.24, 2.45) is 0 Å². The summed E-state index contributed by atoms with van der Waals surface area (Å²) in [6.07, 6.45) is 4.28. The molecule has 1 atom stereocenters. The van der Waals surface area contributed by atoms with Crippen LogP contribution in [-0.2, 0) is 21.2 Å². The van der Waals surface area contributed by atoms with Gasteiger partial charge in [-0.1, -0.05) is 42.8 Å². The molecule has 0 radical (unpaired) electrons. The largest absolute Gasteiger partial charge is 0.325 e. The fourth-order valence-corrected chi connectivity index (χ4v) is 4.84. The van der Waals surface area contributed by atoms with E-state index in [0.29, 0.717) is 23.8 Å². The number of hydrogen-bond acceptors (Lipinski definition) is 4. The molecule has 1 aliphatic heterocycles. The molecule has 2 aromatic carbocycles. The molecule has 2 aromatic rings. The van der Waals surface area contributed by atoms with Crippen LogP contribution in [0.2, 0.25) is 0 Å². The number of carbonyl (C=O) groups is 1. The van der Waals surface area contributed by atoms with E-state index in [4.69, 9.17) is 0 Å². The average Bonchev–Trinajstić information content (AvgIpc) is 2.71. The van der Waals surface area contributed by atoms with Crippen LogP contribution in [0.3, 0.4) is 0 Å². The Balaban J connectivity index is 1.67. The molecule has 1 unspecified atom stereocenters. The summed E-state index contributed by atoms with van der Waals surface area (Å²) >= 11 is 0. The molecule has 156 valence electrons. The van der Waals surface area contributed by atoms with E-state index in [9.17, 15) is 13.2 Å². The monoisotopic (exact) mass is 415 g/mol. The van der Waals surface area contributed by atoms with Crippen LogP contribution in [0.25, 0.3) is 0 Å². The number of aryl methyl sites for hydroxylation is 1. The normalized spacial score (nSPS) is 17.8. The summed E-state index contributed by atoms with van der Waals surface area (Å²) in [6.45, 7) is 2.94. The highest BCUT2D eigenvalue weighted by Crippen LogP contribution is 2.22. The number of nitrogens with one attached hydrogen (secondary N) is 2. The summed E-state index contributed by atoms with van der Waals surface area (Å²) < 4.78 is 26.6. The summed E-state index contributed by atoms with van der Waals surface area (Å²) in [6, 6.07) is 15.7. The van der Waals surface area contributed by atoms with Crippen molar-refractivity contribution in [3.63, 3.8) is 0 Å². The summed E-state index contributed by atoms with van der Waals surface area (Å²) in [5, 5.41) is 2.86. The van der Waals surface area contributed by atoms with Crippen molar-refractivity contribution in [2.75, 3.05) is 25.5 Å². The van der Waals surface area contributed by atoms with E-state index in [1.165, 1.54) is 25.1 Å². The van der Waals surface area contributed by atoms with Crippen LogP contribution in [0.1, 0.15) is 30.4 Å². The second kappa shape index (κ2) is 9.52. The van der Waals surface area contributed by atoms with Gasteiger partial charge in [0.25, 0.3) is 0 Å². The highest BCUT2D eigenvalue weighted by Gasteiger charge is 2.24. The molecule has 0 saturated carbocycles. The number of hydrogen-bond donors (Lipinski definition) is 2. The minimum atomic E-state index is -3.57. The number of amides is 1. The van der Waals surface area contributed by atoms with Crippen LogP contribution in [0.4, 0.5) is 5.69 Å². The number of nitrogens with zero attached hydrogens (tertiary/aromatic N) is 1. The van der Waals surface area contributed by atoms with E-state index in [0.717, 1.165) is 25.8 Å². The number of benzene rings is 2. The molecule has 0 bridgehead atoms. The lowest BCUT2D eigenvalue weighted by molar-refractivity contribution is -0.118. The van der Waals surface area contributed by atoms with Crippen LogP contribution in [0.15, 0.2) is 53.4 Å². The fraction of sp³-hybridized carbons (Fsp3) is 0.409. The van der Waals surface area contributed by atoms with E-state index >= 15 is 0 Å². The van der Waals surface area contributed by atoms with Gasteiger partial charge in [-0.3, -0.25) is 9.69 Å². The predicted octanol–water partition coefficient (Wildman–Crippen LogP) is 2.94. The predicted molar refractivity (Wildman–Crippen MR) is 115 cm³/mol. The molecule has 1 amide bonds. The summed E-state index contributed by atoms with van der Waals surface area (Å²) in [7, 11) is -2.19. The second-order valence-corrected chi connectivity index (χ2v) is 9.40. The number of anilines is 1. The SMILES string of the molecule is CNS(=O)(=O)c1cc(NC(=O)CN2CCCCC2Cc2ccccc2)ccc1C. The van der Waals surface area contributed by atoms with Crippen molar-refractivity contribution >= 4 is 21.6 Å². The van der Waals surface area contributed by atoms with Crippen molar-refractivity contribution in [3.8, 4) is 0 Å². The molecule has 0 spiro atoms. The van der Waals surface area contributed by atoms with Gasteiger partial charge in [-0.15, -0.1) is 0 Å². The van der Waals surface area contributed by atoms with Gasteiger partial charge in [-0.2, -0.15) is 0 Å². The second-order valence-electron chi connectivity index (χ2n) is 7.55. The van der Waals surface area contributed by atoms with Gasteiger partial charge in [-0.25, -0.2) is 13.1 Å². The van der Waals surface area contributed by atoms with E-state index in [-0.39, 0.29) is 10.8 Å². The van der Waals surface area contributed by atoms with Crippen LogP contribution in [0.5, 0.6) is 0 Å². The smallest absolute Gasteiger partial charge is 0.240 e. The van der Waals surface area contributed by atoms with Gasteiger partial charge < -0.3 is 5.32 Å². The van der Waals surface area contributed by atoms with Gasteiger partial charge in [-0.05, 0) is 63.0 Å². The molecule has 29 heavy (non-hydrogen) atoms. The van der Waals surface area contributed by atoms with Gasteiger partial charge in [0.1, 0.15) is 0 Å². The first-order valence-corrected chi connectivity index (χ1v) is 11.5. The summed E-state index contributed by atoms with van der Waals surface area (Å²) in [5.41, 5.74) is 2.41.